The Morgan fingerprint density at radius 1 is 1.14 bits per heavy atom. The Hall–Kier alpha value is -1.41. The van der Waals surface area contributed by atoms with Gasteiger partial charge in [0, 0.05) is 36.7 Å². The van der Waals surface area contributed by atoms with Crippen molar-refractivity contribution in [2.45, 2.75) is 17.5 Å². The minimum Gasteiger partial charge on any atom is -0.465 e. The van der Waals surface area contributed by atoms with E-state index in [0.717, 1.165) is 24.6 Å². The average molecular weight is 419 g/mol. The Kier molecular flexibility index (Phi) is 6.67. The fraction of sp³-hybridized carbons (Fsp3) is 0.476. The van der Waals surface area contributed by atoms with Crippen molar-refractivity contribution in [3.05, 3.63) is 59.0 Å². The van der Waals surface area contributed by atoms with Crippen molar-refractivity contribution in [2.24, 2.45) is 0 Å². The number of furan rings is 1. The first-order valence-electron chi connectivity index (χ1n) is 9.70. The molecule has 2 aliphatic heterocycles. The maximum Gasteiger partial charge on any atom is 0.251 e. The number of hydrogen-bond acceptors (Lipinski definition) is 6. The Balaban J connectivity index is 1.40. The molecule has 150 valence electrons. The summed E-state index contributed by atoms with van der Waals surface area (Å²) < 4.78 is 11.9. The van der Waals surface area contributed by atoms with Gasteiger partial charge < -0.3 is 14.5 Å². The van der Waals surface area contributed by atoms with Crippen LogP contribution in [0.2, 0.25) is 0 Å². The van der Waals surface area contributed by atoms with Gasteiger partial charge in [0.05, 0.1) is 23.8 Å². The number of carbonyl (C=O) groups excluding carboxylic acids is 1. The second-order valence-electron chi connectivity index (χ2n) is 7.02. The van der Waals surface area contributed by atoms with Crippen LogP contribution >= 0.6 is 23.5 Å². The van der Waals surface area contributed by atoms with Gasteiger partial charge in [-0.15, -0.1) is 23.5 Å². The fourth-order valence-electron chi connectivity index (χ4n) is 3.57. The fourth-order valence-corrected chi connectivity index (χ4v) is 6.42. The topological polar surface area (TPSA) is 54.7 Å². The van der Waals surface area contributed by atoms with Crippen LogP contribution in [0.1, 0.15) is 38.1 Å². The Labute approximate surface area is 174 Å². The highest BCUT2D eigenvalue weighted by atomic mass is 32.2. The summed E-state index contributed by atoms with van der Waals surface area (Å²) in [5.41, 5.74) is 1.99. The molecule has 2 saturated heterocycles. The van der Waals surface area contributed by atoms with Crippen LogP contribution in [0.15, 0.2) is 40.8 Å². The second-order valence-corrected chi connectivity index (χ2v) is 9.74. The molecule has 2 aromatic rings. The van der Waals surface area contributed by atoms with Crippen molar-refractivity contribution < 1.29 is 13.9 Å². The van der Waals surface area contributed by atoms with E-state index in [2.05, 4.69) is 22.3 Å². The van der Waals surface area contributed by atoms with E-state index in [1.807, 2.05) is 54.7 Å². The van der Waals surface area contributed by atoms with Crippen LogP contribution in [-0.2, 0) is 4.74 Å². The molecule has 1 aromatic carbocycles. The van der Waals surface area contributed by atoms with E-state index in [4.69, 9.17) is 9.15 Å². The van der Waals surface area contributed by atoms with Gasteiger partial charge in [-0.3, -0.25) is 9.69 Å². The Bertz CT molecular complexity index is 781. The predicted octanol–water partition coefficient (Wildman–Crippen LogP) is 3.87. The molecule has 2 aliphatic rings. The first kappa shape index (κ1) is 19.9. The maximum atomic E-state index is 12.7. The molecule has 1 aromatic heterocycles. The Morgan fingerprint density at radius 3 is 2.50 bits per heavy atom. The third-order valence-electron chi connectivity index (χ3n) is 5.10. The highest BCUT2D eigenvalue weighted by Crippen LogP contribution is 2.45. The molecule has 2 fully saturated rings. The molecule has 7 heteroatoms. The summed E-state index contributed by atoms with van der Waals surface area (Å²) in [4.78, 5) is 15.0. The molecule has 0 spiro atoms. The lowest BCUT2D eigenvalue weighted by molar-refractivity contribution is 0.0117. The molecule has 1 amide bonds. The number of nitrogens with one attached hydrogen (secondary N) is 1. The van der Waals surface area contributed by atoms with Gasteiger partial charge >= 0.3 is 0 Å². The lowest BCUT2D eigenvalue weighted by atomic mass is 10.1. The van der Waals surface area contributed by atoms with Crippen LogP contribution in [0.3, 0.4) is 0 Å². The van der Waals surface area contributed by atoms with E-state index in [9.17, 15) is 4.79 Å². The standard InChI is InChI=1S/C21H26N2O3S2/c1-15-2-7-19(26-15)18(23-8-10-25-11-9-23)14-22-20(24)16-3-5-17(6-4-16)21-27-12-13-28-21/h2-7,18,21H,8-14H2,1H3,(H,22,24)/t18-/m1/s1. The van der Waals surface area contributed by atoms with Gasteiger partial charge in [-0.2, -0.15) is 0 Å². The SMILES string of the molecule is Cc1ccc([C@@H](CNC(=O)c2ccc(C3SCCS3)cc2)N2CCOCC2)o1. The minimum absolute atomic E-state index is 0.0205. The zero-order chi connectivity index (χ0) is 19.3. The molecular formula is C21H26N2O3S2. The van der Waals surface area contributed by atoms with Gasteiger partial charge in [0.1, 0.15) is 11.5 Å². The predicted molar refractivity (Wildman–Crippen MR) is 115 cm³/mol. The molecule has 1 N–H and O–H groups in total. The van der Waals surface area contributed by atoms with Crippen molar-refractivity contribution in [3.63, 3.8) is 0 Å². The number of carbonyl (C=O) groups is 1. The van der Waals surface area contributed by atoms with Crippen molar-refractivity contribution in [3.8, 4) is 0 Å². The number of thioether (sulfide) groups is 2. The lowest BCUT2D eigenvalue weighted by Crippen LogP contribution is -2.43. The summed E-state index contributed by atoms with van der Waals surface area (Å²) in [6.45, 7) is 5.56. The van der Waals surface area contributed by atoms with Crippen molar-refractivity contribution in [2.75, 3.05) is 44.4 Å². The third kappa shape index (κ3) is 4.76. The van der Waals surface area contributed by atoms with Crippen LogP contribution in [-0.4, -0.2) is 55.2 Å². The summed E-state index contributed by atoms with van der Waals surface area (Å²) in [6.07, 6.45) is 0. The number of amides is 1. The van der Waals surface area contributed by atoms with E-state index < -0.39 is 0 Å². The van der Waals surface area contributed by atoms with Crippen LogP contribution in [0.4, 0.5) is 0 Å². The van der Waals surface area contributed by atoms with Gasteiger partial charge in [0.25, 0.3) is 5.91 Å². The number of hydrogen-bond donors (Lipinski definition) is 1. The molecule has 0 radical (unpaired) electrons. The molecule has 0 bridgehead atoms. The van der Waals surface area contributed by atoms with Crippen LogP contribution in [0, 0.1) is 6.92 Å². The highest BCUT2D eigenvalue weighted by molar-refractivity contribution is 8.19. The first-order chi connectivity index (χ1) is 13.7. The number of ether oxygens (including phenoxy) is 1. The minimum atomic E-state index is -0.0418. The molecule has 28 heavy (non-hydrogen) atoms. The van der Waals surface area contributed by atoms with Crippen molar-refractivity contribution in [1.82, 2.24) is 10.2 Å². The zero-order valence-corrected chi connectivity index (χ0v) is 17.7. The molecule has 3 heterocycles. The first-order valence-corrected chi connectivity index (χ1v) is 11.8. The zero-order valence-electron chi connectivity index (χ0n) is 16.1. The average Bonchev–Trinajstić information content (AvgIpc) is 3.41. The summed E-state index contributed by atoms with van der Waals surface area (Å²) in [6, 6.07) is 12.0. The number of aryl methyl sites for hydroxylation is 1. The molecule has 1 atom stereocenters. The summed E-state index contributed by atoms with van der Waals surface area (Å²) in [7, 11) is 0. The van der Waals surface area contributed by atoms with E-state index >= 15 is 0 Å². The monoisotopic (exact) mass is 418 g/mol. The highest BCUT2D eigenvalue weighted by Gasteiger charge is 2.26. The van der Waals surface area contributed by atoms with Crippen molar-refractivity contribution >= 4 is 29.4 Å². The molecule has 0 unspecified atom stereocenters. The van der Waals surface area contributed by atoms with Gasteiger partial charge in [0.2, 0.25) is 0 Å². The third-order valence-corrected chi connectivity index (χ3v) is 8.20. The molecule has 0 saturated carbocycles. The van der Waals surface area contributed by atoms with Crippen LogP contribution < -0.4 is 5.32 Å². The summed E-state index contributed by atoms with van der Waals surface area (Å²) in [5, 5.41) is 3.10. The molecule has 0 aliphatic carbocycles. The Morgan fingerprint density at radius 2 is 1.86 bits per heavy atom. The van der Waals surface area contributed by atoms with Gasteiger partial charge in [0.15, 0.2) is 0 Å². The van der Waals surface area contributed by atoms with E-state index in [1.165, 1.54) is 17.1 Å². The van der Waals surface area contributed by atoms with Crippen molar-refractivity contribution in [1.29, 1.82) is 0 Å². The summed E-state index contributed by atoms with van der Waals surface area (Å²) >= 11 is 3.95. The van der Waals surface area contributed by atoms with E-state index in [1.54, 1.807) is 0 Å². The van der Waals surface area contributed by atoms with Gasteiger partial charge in [-0.25, -0.2) is 0 Å². The molecule has 4 rings (SSSR count). The molecule has 5 nitrogen and oxygen atoms in total. The normalized spacial score (nSPS) is 19.6. The van der Waals surface area contributed by atoms with E-state index in [-0.39, 0.29) is 11.9 Å². The molecular weight excluding hydrogens is 392 g/mol. The van der Waals surface area contributed by atoms with Crippen LogP contribution in [0.25, 0.3) is 0 Å². The van der Waals surface area contributed by atoms with Crippen LogP contribution in [0.5, 0.6) is 0 Å². The van der Waals surface area contributed by atoms with E-state index in [0.29, 0.717) is 29.9 Å². The van der Waals surface area contributed by atoms with Gasteiger partial charge in [-0.05, 0) is 36.8 Å². The number of benzene rings is 1. The number of morpholine rings is 1. The smallest absolute Gasteiger partial charge is 0.251 e. The largest absolute Gasteiger partial charge is 0.465 e. The summed E-state index contributed by atoms with van der Waals surface area (Å²) in [5.74, 6) is 4.14. The second kappa shape index (κ2) is 9.39. The van der Waals surface area contributed by atoms with Gasteiger partial charge in [-0.1, -0.05) is 12.1 Å². The lowest BCUT2D eigenvalue weighted by Gasteiger charge is -2.33. The number of nitrogens with zero attached hydrogens (tertiary/aromatic N) is 1. The quantitative estimate of drug-likeness (QED) is 0.769. The number of rotatable bonds is 6. The maximum absolute atomic E-state index is 12.7.